The Bertz CT molecular complexity index is 795. The lowest BCUT2D eigenvalue weighted by Crippen LogP contribution is -1.90. The van der Waals surface area contributed by atoms with Gasteiger partial charge in [-0.2, -0.15) is 0 Å². The van der Waals surface area contributed by atoms with Crippen LogP contribution in [0, 0.1) is 5.82 Å². The van der Waals surface area contributed by atoms with Gasteiger partial charge in [0.1, 0.15) is 17.1 Å². The van der Waals surface area contributed by atoms with Gasteiger partial charge in [-0.15, -0.1) is 0 Å². The van der Waals surface area contributed by atoms with Gasteiger partial charge in [-0.3, -0.25) is 4.98 Å². The number of nitrogens with zero attached hydrogens (tertiary/aromatic N) is 2. The Labute approximate surface area is 131 Å². The molecule has 0 N–H and O–H groups in total. The van der Waals surface area contributed by atoms with E-state index in [2.05, 4.69) is 41.8 Å². The van der Waals surface area contributed by atoms with E-state index in [1.807, 2.05) is 6.07 Å². The standard InChI is InChI=1S/C14H7Br2FN2O/c15-8-5-12-14(19-7-8)13(3-4-18-12)20-9-1-2-11(17)10(16)6-9/h1-7H. The van der Waals surface area contributed by atoms with Gasteiger partial charge in [0.15, 0.2) is 5.75 Å². The van der Waals surface area contributed by atoms with Crippen LogP contribution < -0.4 is 4.74 Å². The fourth-order valence-corrected chi connectivity index (χ4v) is 2.41. The molecule has 0 amide bonds. The monoisotopic (exact) mass is 396 g/mol. The van der Waals surface area contributed by atoms with E-state index in [1.165, 1.54) is 6.07 Å². The Morgan fingerprint density at radius 3 is 2.70 bits per heavy atom. The minimum absolute atomic E-state index is 0.334. The molecule has 20 heavy (non-hydrogen) atoms. The van der Waals surface area contributed by atoms with Gasteiger partial charge in [0.05, 0.1) is 9.99 Å². The summed E-state index contributed by atoms with van der Waals surface area (Å²) < 4.78 is 20.2. The van der Waals surface area contributed by atoms with Crippen LogP contribution in [0.2, 0.25) is 0 Å². The third-order valence-corrected chi connectivity index (χ3v) is 3.67. The Balaban J connectivity index is 2.04. The number of rotatable bonds is 2. The summed E-state index contributed by atoms with van der Waals surface area (Å²) in [4.78, 5) is 8.53. The fourth-order valence-electron chi connectivity index (χ4n) is 1.73. The van der Waals surface area contributed by atoms with E-state index in [9.17, 15) is 4.39 Å². The number of hydrogen-bond donors (Lipinski definition) is 0. The van der Waals surface area contributed by atoms with E-state index in [4.69, 9.17) is 4.74 Å². The molecule has 2 heterocycles. The number of fused-ring (bicyclic) bond motifs is 1. The molecule has 1 aromatic carbocycles. The maximum Gasteiger partial charge on any atom is 0.156 e. The summed E-state index contributed by atoms with van der Waals surface area (Å²) in [6.45, 7) is 0. The van der Waals surface area contributed by atoms with Crippen LogP contribution in [0.15, 0.2) is 51.7 Å². The van der Waals surface area contributed by atoms with E-state index in [0.29, 0.717) is 21.5 Å². The van der Waals surface area contributed by atoms with Crippen molar-refractivity contribution in [3.05, 3.63) is 57.5 Å². The van der Waals surface area contributed by atoms with Crippen LogP contribution in [-0.2, 0) is 0 Å². The topological polar surface area (TPSA) is 35.0 Å². The second-order valence-corrected chi connectivity index (χ2v) is 5.78. The minimum Gasteiger partial charge on any atom is -0.455 e. The molecule has 0 atom stereocenters. The second kappa shape index (κ2) is 5.46. The lowest BCUT2D eigenvalue weighted by atomic mass is 10.3. The maximum absolute atomic E-state index is 13.2. The predicted molar refractivity (Wildman–Crippen MR) is 81.4 cm³/mol. The average molecular weight is 398 g/mol. The zero-order chi connectivity index (χ0) is 14.1. The summed E-state index contributed by atoms with van der Waals surface area (Å²) >= 11 is 6.48. The molecule has 0 saturated carbocycles. The molecule has 0 aliphatic rings. The van der Waals surface area contributed by atoms with Crippen LogP contribution in [0.3, 0.4) is 0 Å². The molecule has 3 rings (SSSR count). The molecular weight excluding hydrogens is 391 g/mol. The SMILES string of the molecule is Fc1ccc(Oc2ccnc3cc(Br)cnc23)cc1Br. The van der Waals surface area contributed by atoms with Crippen LogP contribution >= 0.6 is 31.9 Å². The molecule has 0 aliphatic carbocycles. The van der Waals surface area contributed by atoms with Crippen molar-refractivity contribution in [1.29, 1.82) is 0 Å². The molecule has 3 aromatic rings. The van der Waals surface area contributed by atoms with E-state index in [1.54, 1.807) is 30.6 Å². The normalized spacial score (nSPS) is 10.8. The highest BCUT2D eigenvalue weighted by molar-refractivity contribution is 9.10. The Morgan fingerprint density at radius 2 is 1.90 bits per heavy atom. The Kier molecular flexibility index (Phi) is 3.67. The van der Waals surface area contributed by atoms with Crippen molar-refractivity contribution in [2.24, 2.45) is 0 Å². The highest BCUT2D eigenvalue weighted by atomic mass is 79.9. The summed E-state index contributed by atoms with van der Waals surface area (Å²) in [7, 11) is 0. The molecule has 100 valence electrons. The van der Waals surface area contributed by atoms with E-state index in [-0.39, 0.29) is 5.82 Å². The first-order chi connectivity index (χ1) is 9.63. The van der Waals surface area contributed by atoms with Gasteiger partial charge in [-0.05, 0) is 56.1 Å². The fraction of sp³-hybridized carbons (Fsp3) is 0. The molecule has 6 heteroatoms. The average Bonchev–Trinajstić information content (AvgIpc) is 2.43. The molecule has 0 fully saturated rings. The van der Waals surface area contributed by atoms with Crippen LogP contribution in [0.25, 0.3) is 11.0 Å². The van der Waals surface area contributed by atoms with Gasteiger partial charge in [0, 0.05) is 22.9 Å². The van der Waals surface area contributed by atoms with Crippen molar-refractivity contribution in [1.82, 2.24) is 9.97 Å². The largest absolute Gasteiger partial charge is 0.455 e. The first-order valence-corrected chi connectivity index (χ1v) is 7.25. The number of hydrogen-bond acceptors (Lipinski definition) is 3. The number of aromatic nitrogens is 2. The number of halogens is 3. The molecule has 0 bridgehead atoms. The number of ether oxygens (including phenoxy) is 1. The maximum atomic E-state index is 13.2. The van der Waals surface area contributed by atoms with Gasteiger partial charge >= 0.3 is 0 Å². The van der Waals surface area contributed by atoms with Gasteiger partial charge in [-0.25, -0.2) is 9.37 Å². The lowest BCUT2D eigenvalue weighted by molar-refractivity contribution is 0.483. The molecular formula is C14H7Br2FN2O. The van der Waals surface area contributed by atoms with E-state index < -0.39 is 0 Å². The highest BCUT2D eigenvalue weighted by Gasteiger charge is 2.08. The first-order valence-electron chi connectivity index (χ1n) is 5.66. The van der Waals surface area contributed by atoms with Crippen molar-refractivity contribution < 1.29 is 9.13 Å². The van der Waals surface area contributed by atoms with Crippen molar-refractivity contribution in [3.8, 4) is 11.5 Å². The number of pyridine rings is 2. The van der Waals surface area contributed by atoms with Crippen molar-refractivity contribution in [3.63, 3.8) is 0 Å². The van der Waals surface area contributed by atoms with Crippen molar-refractivity contribution >= 4 is 42.9 Å². The van der Waals surface area contributed by atoms with Gasteiger partial charge in [0.2, 0.25) is 0 Å². The molecule has 0 radical (unpaired) electrons. The molecule has 2 aromatic heterocycles. The van der Waals surface area contributed by atoms with Crippen molar-refractivity contribution in [2.75, 3.05) is 0 Å². The third-order valence-electron chi connectivity index (χ3n) is 2.63. The second-order valence-electron chi connectivity index (χ2n) is 4.01. The Morgan fingerprint density at radius 1 is 1.05 bits per heavy atom. The molecule has 0 aliphatic heterocycles. The van der Waals surface area contributed by atoms with Gasteiger partial charge in [0.25, 0.3) is 0 Å². The van der Waals surface area contributed by atoms with Crippen LogP contribution in [-0.4, -0.2) is 9.97 Å². The zero-order valence-corrected chi connectivity index (χ0v) is 13.2. The number of benzene rings is 1. The van der Waals surface area contributed by atoms with E-state index in [0.717, 1.165) is 9.99 Å². The summed E-state index contributed by atoms with van der Waals surface area (Å²) in [6, 6.07) is 8.05. The van der Waals surface area contributed by atoms with Gasteiger partial charge < -0.3 is 4.74 Å². The lowest BCUT2D eigenvalue weighted by Gasteiger charge is -2.08. The van der Waals surface area contributed by atoms with E-state index >= 15 is 0 Å². The molecule has 0 saturated heterocycles. The Hall–Kier alpha value is -1.53. The highest BCUT2D eigenvalue weighted by Crippen LogP contribution is 2.30. The third kappa shape index (κ3) is 2.66. The zero-order valence-electron chi connectivity index (χ0n) is 9.98. The van der Waals surface area contributed by atoms with Crippen LogP contribution in [0.4, 0.5) is 4.39 Å². The molecule has 3 nitrogen and oxygen atoms in total. The predicted octanol–water partition coefficient (Wildman–Crippen LogP) is 5.09. The van der Waals surface area contributed by atoms with Crippen molar-refractivity contribution in [2.45, 2.75) is 0 Å². The van der Waals surface area contributed by atoms with Crippen LogP contribution in [0.1, 0.15) is 0 Å². The summed E-state index contributed by atoms with van der Waals surface area (Å²) in [5.41, 5.74) is 1.37. The summed E-state index contributed by atoms with van der Waals surface area (Å²) in [5, 5.41) is 0. The first kappa shape index (κ1) is 13.5. The minimum atomic E-state index is -0.334. The molecule has 0 spiro atoms. The smallest absolute Gasteiger partial charge is 0.156 e. The summed E-state index contributed by atoms with van der Waals surface area (Å²) in [6.07, 6.45) is 3.32. The van der Waals surface area contributed by atoms with Gasteiger partial charge in [-0.1, -0.05) is 0 Å². The quantitative estimate of drug-likeness (QED) is 0.604. The molecule has 0 unspecified atom stereocenters. The van der Waals surface area contributed by atoms with Crippen LogP contribution in [0.5, 0.6) is 11.5 Å². The summed E-state index contributed by atoms with van der Waals surface area (Å²) in [5.74, 6) is 0.760.